The van der Waals surface area contributed by atoms with Crippen LogP contribution in [0.1, 0.15) is 27.7 Å². The molecule has 1 aromatic heterocycles. The molecular formula is C35H30BN3O2. The van der Waals surface area contributed by atoms with Gasteiger partial charge in [-0.15, -0.1) is 0 Å². The Kier molecular flexibility index (Phi) is 6.00. The van der Waals surface area contributed by atoms with Gasteiger partial charge >= 0.3 is 7.12 Å². The molecular weight excluding hydrogens is 505 g/mol. The van der Waals surface area contributed by atoms with E-state index < -0.39 is 18.3 Å². The molecule has 6 aromatic rings. The minimum Gasteiger partial charge on any atom is -0.397 e. The number of nitrogens with zero attached hydrogens (tertiary/aromatic N) is 3. The zero-order valence-electron chi connectivity index (χ0n) is 23.6. The highest BCUT2D eigenvalue weighted by Crippen LogP contribution is 2.37. The Labute approximate surface area is 240 Å². The van der Waals surface area contributed by atoms with Crippen LogP contribution >= 0.6 is 0 Å². The molecule has 1 aliphatic heterocycles. The van der Waals surface area contributed by atoms with Crippen LogP contribution in [0, 0.1) is 0 Å². The third kappa shape index (κ3) is 4.50. The Hall–Kier alpha value is -4.39. The Morgan fingerprint density at radius 2 is 1.02 bits per heavy atom. The highest BCUT2D eigenvalue weighted by molar-refractivity contribution is 6.60. The number of fused-ring (bicyclic) bond motifs is 3. The highest BCUT2D eigenvalue weighted by Gasteiger charge is 2.53. The van der Waals surface area contributed by atoms with Gasteiger partial charge in [-0.2, -0.15) is 0 Å². The molecule has 0 unspecified atom stereocenters. The van der Waals surface area contributed by atoms with Gasteiger partial charge in [0.15, 0.2) is 17.4 Å². The molecule has 2 heterocycles. The van der Waals surface area contributed by atoms with Gasteiger partial charge in [-0.05, 0) is 66.4 Å². The van der Waals surface area contributed by atoms with Crippen LogP contribution in [0.4, 0.5) is 0 Å². The van der Waals surface area contributed by atoms with Gasteiger partial charge in [-0.1, -0.05) is 103 Å². The SMILES string of the molecule is CC1(C)OB(c2nc(-c3ccccc3)nc(-c3ccc(-c4cc5ccccc5c5ccccc45)cc3)n2)OC1(C)C. The second kappa shape index (κ2) is 9.62. The summed E-state index contributed by atoms with van der Waals surface area (Å²) in [6.07, 6.45) is 0. The topological polar surface area (TPSA) is 57.1 Å². The van der Waals surface area contributed by atoms with Crippen molar-refractivity contribution in [3.8, 4) is 33.9 Å². The Balaban J connectivity index is 1.32. The van der Waals surface area contributed by atoms with E-state index in [0.717, 1.165) is 16.7 Å². The van der Waals surface area contributed by atoms with E-state index >= 15 is 0 Å². The van der Waals surface area contributed by atoms with Crippen molar-refractivity contribution in [1.82, 2.24) is 15.0 Å². The number of benzene rings is 5. The molecule has 0 amide bonds. The summed E-state index contributed by atoms with van der Waals surface area (Å²) in [6, 6.07) is 37.8. The lowest BCUT2D eigenvalue weighted by Crippen LogP contribution is -2.41. The second-order valence-corrected chi connectivity index (χ2v) is 11.6. The summed E-state index contributed by atoms with van der Waals surface area (Å²) in [6.45, 7) is 8.12. The van der Waals surface area contributed by atoms with Gasteiger partial charge in [0.2, 0.25) is 0 Å². The maximum atomic E-state index is 6.31. The van der Waals surface area contributed by atoms with Gasteiger partial charge < -0.3 is 9.31 Å². The van der Waals surface area contributed by atoms with Crippen molar-refractivity contribution in [2.75, 3.05) is 0 Å². The van der Waals surface area contributed by atoms with Crippen LogP contribution in [0.15, 0.2) is 109 Å². The first-order valence-electron chi connectivity index (χ1n) is 14.0. The van der Waals surface area contributed by atoms with Crippen LogP contribution in [0.3, 0.4) is 0 Å². The summed E-state index contributed by atoms with van der Waals surface area (Å²) >= 11 is 0. The van der Waals surface area contributed by atoms with E-state index in [-0.39, 0.29) is 0 Å². The Morgan fingerprint density at radius 3 is 1.68 bits per heavy atom. The maximum Gasteiger partial charge on any atom is 0.534 e. The second-order valence-electron chi connectivity index (χ2n) is 11.6. The van der Waals surface area contributed by atoms with Crippen LogP contribution < -0.4 is 5.72 Å². The molecule has 7 rings (SSSR count). The van der Waals surface area contributed by atoms with Crippen LogP contribution in [-0.2, 0) is 9.31 Å². The molecule has 41 heavy (non-hydrogen) atoms. The lowest BCUT2D eigenvalue weighted by atomic mass is 9.88. The number of rotatable bonds is 4. The van der Waals surface area contributed by atoms with Gasteiger partial charge in [-0.25, -0.2) is 15.0 Å². The van der Waals surface area contributed by atoms with Gasteiger partial charge in [-0.3, -0.25) is 0 Å². The predicted octanol–water partition coefficient (Wildman–Crippen LogP) is 7.48. The fraction of sp³-hybridized carbons (Fsp3) is 0.171. The molecule has 1 fully saturated rings. The first-order chi connectivity index (χ1) is 19.8. The smallest absolute Gasteiger partial charge is 0.397 e. The minimum absolute atomic E-state index is 0.470. The molecule has 0 spiro atoms. The molecule has 5 nitrogen and oxygen atoms in total. The van der Waals surface area contributed by atoms with Crippen molar-refractivity contribution in [1.29, 1.82) is 0 Å². The third-order valence-corrected chi connectivity index (χ3v) is 8.37. The van der Waals surface area contributed by atoms with E-state index in [1.54, 1.807) is 0 Å². The van der Waals surface area contributed by atoms with Crippen molar-refractivity contribution in [3.63, 3.8) is 0 Å². The van der Waals surface area contributed by atoms with E-state index in [2.05, 4.69) is 78.9 Å². The van der Waals surface area contributed by atoms with Crippen LogP contribution in [-0.4, -0.2) is 33.3 Å². The lowest BCUT2D eigenvalue weighted by molar-refractivity contribution is 0.00578. The van der Waals surface area contributed by atoms with E-state index in [1.807, 2.05) is 58.0 Å². The summed E-state index contributed by atoms with van der Waals surface area (Å²) in [5, 5.41) is 4.97. The van der Waals surface area contributed by atoms with E-state index in [1.165, 1.54) is 27.1 Å². The zero-order valence-corrected chi connectivity index (χ0v) is 23.6. The van der Waals surface area contributed by atoms with Crippen LogP contribution in [0.5, 0.6) is 0 Å². The van der Waals surface area contributed by atoms with Crippen molar-refractivity contribution in [2.45, 2.75) is 38.9 Å². The van der Waals surface area contributed by atoms with E-state index in [9.17, 15) is 0 Å². The molecule has 0 aliphatic carbocycles. The molecule has 1 aliphatic rings. The van der Waals surface area contributed by atoms with Crippen molar-refractivity contribution < 1.29 is 9.31 Å². The quantitative estimate of drug-likeness (QED) is 0.173. The fourth-order valence-electron chi connectivity index (χ4n) is 5.38. The van der Waals surface area contributed by atoms with Crippen molar-refractivity contribution in [2.24, 2.45) is 0 Å². The number of hydrogen-bond acceptors (Lipinski definition) is 5. The zero-order chi connectivity index (χ0) is 28.2. The summed E-state index contributed by atoms with van der Waals surface area (Å²) in [7, 11) is -0.688. The van der Waals surface area contributed by atoms with E-state index in [4.69, 9.17) is 24.3 Å². The largest absolute Gasteiger partial charge is 0.534 e. The molecule has 6 heteroatoms. The monoisotopic (exact) mass is 535 g/mol. The van der Waals surface area contributed by atoms with Crippen LogP contribution in [0.2, 0.25) is 0 Å². The average molecular weight is 535 g/mol. The molecule has 0 atom stereocenters. The summed E-state index contributed by atoms with van der Waals surface area (Å²) in [4.78, 5) is 14.5. The van der Waals surface area contributed by atoms with Gasteiger partial charge in [0.1, 0.15) is 0 Å². The average Bonchev–Trinajstić information content (AvgIpc) is 3.23. The summed E-state index contributed by atoms with van der Waals surface area (Å²) in [5.41, 5.74) is 3.62. The van der Waals surface area contributed by atoms with Crippen LogP contribution in [0.25, 0.3) is 55.4 Å². The third-order valence-electron chi connectivity index (χ3n) is 8.37. The van der Waals surface area contributed by atoms with Gasteiger partial charge in [0.25, 0.3) is 0 Å². The van der Waals surface area contributed by atoms with Crippen molar-refractivity contribution >= 4 is 34.4 Å². The Morgan fingerprint density at radius 1 is 0.512 bits per heavy atom. The first kappa shape index (κ1) is 25.6. The molecule has 1 saturated heterocycles. The summed E-state index contributed by atoms with van der Waals surface area (Å²) in [5.74, 6) is 1.17. The Bertz CT molecular complexity index is 1890. The number of hydrogen-bond donors (Lipinski definition) is 0. The molecule has 0 bridgehead atoms. The van der Waals surface area contributed by atoms with E-state index in [0.29, 0.717) is 17.4 Å². The van der Waals surface area contributed by atoms with Gasteiger partial charge in [0.05, 0.1) is 11.2 Å². The predicted molar refractivity (Wildman–Crippen MR) is 167 cm³/mol. The van der Waals surface area contributed by atoms with Crippen molar-refractivity contribution in [3.05, 3.63) is 109 Å². The molecule has 0 saturated carbocycles. The highest BCUT2D eigenvalue weighted by atomic mass is 16.7. The lowest BCUT2D eigenvalue weighted by Gasteiger charge is -2.32. The molecule has 0 radical (unpaired) electrons. The minimum atomic E-state index is -0.688. The maximum absolute atomic E-state index is 6.31. The standard InChI is InChI=1S/C35H30BN3O2/c1-34(2)35(3,4)41-36(40-34)33-38-31(24-12-6-5-7-13-24)37-32(39-33)25-20-18-23(19-21-25)30-22-26-14-8-9-15-27(26)28-16-10-11-17-29(28)30/h5-22H,1-4H3. The number of aromatic nitrogens is 3. The fourth-order valence-corrected chi connectivity index (χ4v) is 5.38. The molecule has 200 valence electrons. The summed E-state index contributed by atoms with van der Waals surface area (Å²) < 4.78 is 12.6. The molecule has 0 N–H and O–H groups in total. The molecule has 5 aromatic carbocycles. The van der Waals surface area contributed by atoms with Gasteiger partial charge in [0, 0.05) is 11.1 Å². The first-order valence-corrected chi connectivity index (χ1v) is 14.0. The normalized spacial score (nSPS) is 16.0.